The highest BCUT2D eigenvalue weighted by molar-refractivity contribution is 6.07. The van der Waals surface area contributed by atoms with Crippen molar-refractivity contribution >= 4 is 17.6 Å². The summed E-state index contributed by atoms with van der Waals surface area (Å²) in [7, 11) is 1.76. The van der Waals surface area contributed by atoms with Crippen LogP contribution in [0.15, 0.2) is 36.9 Å². The number of aromatic nitrogens is 2. The van der Waals surface area contributed by atoms with Gasteiger partial charge in [-0.05, 0) is 35.4 Å². The molecule has 5 heteroatoms. The van der Waals surface area contributed by atoms with Gasteiger partial charge in [-0.1, -0.05) is 12.6 Å². The van der Waals surface area contributed by atoms with Gasteiger partial charge in [-0.2, -0.15) is 0 Å². The second kappa shape index (κ2) is 5.30. The Kier molecular flexibility index (Phi) is 3.56. The quantitative estimate of drug-likeness (QED) is 0.732. The number of anilines is 1. The van der Waals surface area contributed by atoms with E-state index in [-0.39, 0.29) is 5.75 Å². The number of nitrogens with zero attached hydrogens (tertiary/aromatic N) is 2. The van der Waals surface area contributed by atoms with Gasteiger partial charge in [0.25, 0.3) is 0 Å². The van der Waals surface area contributed by atoms with E-state index in [2.05, 4.69) is 22.1 Å². The van der Waals surface area contributed by atoms with Gasteiger partial charge >= 0.3 is 0 Å². The average molecular weight is 254 g/mol. The molecule has 0 radical (unpaired) electrons. The van der Waals surface area contributed by atoms with E-state index in [1.54, 1.807) is 37.4 Å². The molecule has 0 atom stereocenters. The first kappa shape index (κ1) is 12.8. The maximum absolute atomic E-state index is 10.0. The predicted molar refractivity (Wildman–Crippen MR) is 76.5 cm³/mol. The number of nitrogens with one attached hydrogen (secondary N) is 2. The summed E-state index contributed by atoms with van der Waals surface area (Å²) in [6.45, 7) is 3.72. The van der Waals surface area contributed by atoms with Gasteiger partial charge in [0.05, 0.1) is 5.69 Å². The molecule has 1 heterocycles. The van der Waals surface area contributed by atoms with E-state index >= 15 is 0 Å². The number of benzene rings is 1. The molecule has 2 rings (SSSR count). The van der Waals surface area contributed by atoms with Crippen LogP contribution in [-0.4, -0.2) is 28.6 Å². The van der Waals surface area contributed by atoms with E-state index in [1.807, 2.05) is 0 Å². The Hall–Kier alpha value is -2.69. The molecular weight excluding hydrogens is 240 g/mol. The van der Waals surface area contributed by atoms with Gasteiger partial charge in [0, 0.05) is 18.8 Å². The van der Waals surface area contributed by atoms with E-state index in [0.29, 0.717) is 28.2 Å². The molecule has 0 bridgehead atoms. The van der Waals surface area contributed by atoms with E-state index in [0.717, 1.165) is 6.21 Å². The third kappa shape index (κ3) is 2.60. The largest absolute Gasteiger partial charge is 0.507 e. The van der Waals surface area contributed by atoms with Crippen molar-refractivity contribution in [1.29, 1.82) is 5.41 Å². The molecule has 19 heavy (non-hydrogen) atoms. The first-order chi connectivity index (χ1) is 9.15. The molecule has 0 saturated heterocycles. The van der Waals surface area contributed by atoms with Crippen LogP contribution in [0.4, 0.5) is 5.82 Å². The number of phenols is 1. The third-order valence-corrected chi connectivity index (χ3v) is 2.74. The Morgan fingerprint density at radius 3 is 2.63 bits per heavy atom. The van der Waals surface area contributed by atoms with Gasteiger partial charge in [-0.3, -0.25) is 0 Å². The Labute approximate surface area is 111 Å². The second-order valence-electron chi connectivity index (χ2n) is 3.96. The van der Waals surface area contributed by atoms with Crippen LogP contribution in [0.2, 0.25) is 0 Å². The van der Waals surface area contributed by atoms with E-state index < -0.39 is 0 Å². The lowest BCUT2D eigenvalue weighted by atomic mass is 10.0. The van der Waals surface area contributed by atoms with E-state index in [4.69, 9.17) is 5.41 Å². The van der Waals surface area contributed by atoms with Gasteiger partial charge in [0.15, 0.2) is 0 Å². The SMILES string of the molecule is C=C(C=N)c1ccc(-c2ccc(NC)nn2)c(O)c1. The van der Waals surface area contributed by atoms with Crippen LogP contribution in [0, 0.1) is 5.41 Å². The topological polar surface area (TPSA) is 81.9 Å². The van der Waals surface area contributed by atoms with Crippen molar-refractivity contribution in [3.8, 4) is 17.0 Å². The molecular formula is C14H14N4O. The van der Waals surface area contributed by atoms with Crippen molar-refractivity contribution in [3.05, 3.63) is 42.5 Å². The number of allylic oxidation sites excluding steroid dienone is 1. The summed E-state index contributed by atoms with van der Waals surface area (Å²) < 4.78 is 0. The summed E-state index contributed by atoms with van der Waals surface area (Å²) in [4.78, 5) is 0. The lowest BCUT2D eigenvalue weighted by molar-refractivity contribution is 0.477. The summed E-state index contributed by atoms with van der Waals surface area (Å²) in [5.74, 6) is 0.754. The predicted octanol–water partition coefficient (Wildman–Crippen LogP) is 2.55. The highest BCUT2D eigenvalue weighted by Crippen LogP contribution is 2.30. The van der Waals surface area contributed by atoms with Gasteiger partial charge in [-0.25, -0.2) is 0 Å². The standard InChI is InChI=1S/C14H14N4O/c1-9(8-15)10-3-4-11(13(19)7-10)12-5-6-14(16-2)18-17-12/h3-8,15,19H,1H2,2H3,(H,16,18). The maximum atomic E-state index is 10.0. The first-order valence-corrected chi connectivity index (χ1v) is 5.70. The molecule has 5 nitrogen and oxygen atoms in total. The summed E-state index contributed by atoms with van der Waals surface area (Å²) >= 11 is 0. The summed E-state index contributed by atoms with van der Waals surface area (Å²) in [5.41, 5.74) is 2.43. The van der Waals surface area contributed by atoms with Crippen LogP contribution in [0.5, 0.6) is 5.75 Å². The zero-order chi connectivity index (χ0) is 13.8. The normalized spacial score (nSPS) is 9.95. The molecule has 0 spiro atoms. The van der Waals surface area contributed by atoms with E-state index in [9.17, 15) is 5.11 Å². The number of hydrogen-bond acceptors (Lipinski definition) is 5. The average Bonchev–Trinajstić information content (AvgIpc) is 2.46. The third-order valence-electron chi connectivity index (χ3n) is 2.74. The fraction of sp³-hybridized carbons (Fsp3) is 0.0714. The van der Waals surface area contributed by atoms with Crippen LogP contribution in [0.3, 0.4) is 0 Å². The molecule has 96 valence electrons. The monoisotopic (exact) mass is 254 g/mol. The fourth-order valence-electron chi connectivity index (χ4n) is 1.64. The Balaban J connectivity index is 2.39. The zero-order valence-corrected chi connectivity index (χ0v) is 10.5. The molecule has 0 aliphatic carbocycles. The van der Waals surface area contributed by atoms with Crippen molar-refractivity contribution < 1.29 is 5.11 Å². The second-order valence-corrected chi connectivity index (χ2v) is 3.96. The number of phenolic OH excluding ortho intramolecular Hbond substituents is 1. The molecule has 0 saturated carbocycles. The van der Waals surface area contributed by atoms with Gasteiger partial charge < -0.3 is 15.8 Å². The first-order valence-electron chi connectivity index (χ1n) is 5.70. The lowest BCUT2D eigenvalue weighted by Crippen LogP contribution is -1.95. The maximum Gasteiger partial charge on any atom is 0.148 e. The summed E-state index contributed by atoms with van der Waals surface area (Å²) in [6.07, 6.45) is 1.15. The van der Waals surface area contributed by atoms with Crippen LogP contribution < -0.4 is 5.32 Å². The van der Waals surface area contributed by atoms with Gasteiger partial charge in [0.2, 0.25) is 0 Å². The van der Waals surface area contributed by atoms with Crippen LogP contribution in [0.1, 0.15) is 5.56 Å². The molecule has 0 aliphatic rings. The molecule has 1 aromatic heterocycles. The Bertz CT molecular complexity index is 620. The minimum Gasteiger partial charge on any atom is -0.507 e. The van der Waals surface area contributed by atoms with Crippen molar-refractivity contribution in [2.45, 2.75) is 0 Å². The number of aromatic hydroxyl groups is 1. The summed E-state index contributed by atoms with van der Waals surface area (Å²) in [6, 6.07) is 8.65. The zero-order valence-electron chi connectivity index (χ0n) is 10.5. The molecule has 2 aromatic rings. The molecule has 3 N–H and O–H groups in total. The smallest absolute Gasteiger partial charge is 0.148 e. The minimum absolute atomic E-state index is 0.0898. The molecule has 0 fully saturated rings. The van der Waals surface area contributed by atoms with Gasteiger partial charge in [0.1, 0.15) is 11.6 Å². The van der Waals surface area contributed by atoms with Crippen molar-refractivity contribution in [1.82, 2.24) is 10.2 Å². The number of rotatable bonds is 4. The molecule has 1 aromatic carbocycles. The van der Waals surface area contributed by atoms with Crippen LogP contribution >= 0.6 is 0 Å². The number of hydrogen-bond donors (Lipinski definition) is 3. The summed E-state index contributed by atoms with van der Waals surface area (Å²) in [5, 5.41) is 28.0. The van der Waals surface area contributed by atoms with Crippen LogP contribution in [-0.2, 0) is 0 Å². The van der Waals surface area contributed by atoms with Crippen molar-refractivity contribution in [2.75, 3.05) is 12.4 Å². The van der Waals surface area contributed by atoms with Crippen molar-refractivity contribution in [3.63, 3.8) is 0 Å². The highest BCUT2D eigenvalue weighted by atomic mass is 16.3. The Morgan fingerprint density at radius 1 is 1.32 bits per heavy atom. The van der Waals surface area contributed by atoms with Crippen LogP contribution in [0.25, 0.3) is 16.8 Å². The van der Waals surface area contributed by atoms with E-state index in [1.165, 1.54) is 0 Å². The Morgan fingerprint density at radius 2 is 2.11 bits per heavy atom. The molecule has 0 unspecified atom stereocenters. The molecule has 0 amide bonds. The fourth-order valence-corrected chi connectivity index (χ4v) is 1.64. The van der Waals surface area contributed by atoms with Gasteiger partial charge in [-0.15, -0.1) is 10.2 Å². The minimum atomic E-state index is 0.0898. The highest BCUT2D eigenvalue weighted by Gasteiger charge is 2.08. The molecule has 0 aliphatic heterocycles. The van der Waals surface area contributed by atoms with Crippen molar-refractivity contribution in [2.24, 2.45) is 0 Å². The lowest BCUT2D eigenvalue weighted by Gasteiger charge is -2.07.